The predicted molar refractivity (Wildman–Crippen MR) is 107 cm³/mol. The summed E-state index contributed by atoms with van der Waals surface area (Å²) in [6.07, 6.45) is 1.82. The van der Waals surface area contributed by atoms with Crippen molar-refractivity contribution in [3.63, 3.8) is 0 Å². The lowest BCUT2D eigenvalue weighted by Gasteiger charge is -2.38. The van der Waals surface area contributed by atoms with Crippen molar-refractivity contribution in [2.45, 2.75) is 31.6 Å². The highest BCUT2D eigenvalue weighted by atomic mass is 19.1. The summed E-state index contributed by atoms with van der Waals surface area (Å²) in [5.41, 5.74) is 2.54. The molecule has 4 rings (SSSR count). The average molecular weight is 395 g/mol. The van der Waals surface area contributed by atoms with Crippen LogP contribution in [0, 0.1) is 5.82 Å². The normalized spacial score (nSPS) is 19.3. The van der Waals surface area contributed by atoms with Gasteiger partial charge in [0, 0.05) is 41.7 Å². The van der Waals surface area contributed by atoms with Crippen LogP contribution in [-0.4, -0.2) is 25.9 Å². The highest BCUT2D eigenvalue weighted by molar-refractivity contribution is 6.07. The Hall–Kier alpha value is -3.15. The number of carbonyl (C=O) groups excluding carboxylic acids is 2. The number of ketones is 1. The summed E-state index contributed by atoms with van der Waals surface area (Å²) in [5, 5.41) is 0. The molecule has 2 aromatic carbocycles. The van der Waals surface area contributed by atoms with Gasteiger partial charge in [-0.25, -0.2) is 4.39 Å². The molecule has 0 saturated heterocycles. The Morgan fingerprint density at radius 3 is 2.59 bits per heavy atom. The molecule has 1 aliphatic heterocycles. The van der Waals surface area contributed by atoms with E-state index in [0.29, 0.717) is 47.7 Å². The monoisotopic (exact) mass is 395 g/mol. The topological polar surface area (TPSA) is 55.8 Å². The van der Waals surface area contributed by atoms with Gasteiger partial charge in [-0.2, -0.15) is 0 Å². The molecule has 0 aromatic heterocycles. The predicted octanol–water partition coefficient (Wildman–Crippen LogP) is 4.37. The number of amides is 1. The molecular weight excluding hydrogens is 373 g/mol. The standard InChI is InChI=1S/C23H22FNO4/c1-28-16-9-10-17(21(12-16)29-2)18-13-22(27)25(15-6-3-5-14(24)11-15)19-7-4-8-20(26)23(18)19/h3,5-6,9-12,18H,4,7-8,13H2,1-2H3. The zero-order chi connectivity index (χ0) is 20.5. The number of hydrogen-bond acceptors (Lipinski definition) is 4. The Morgan fingerprint density at radius 2 is 1.86 bits per heavy atom. The number of nitrogens with zero attached hydrogens (tertiary/aromatic N) is 1. The van der Waals surface area contributed by atoms with Gasteiger partial charge in [0.05, 0.1) is 19.9 Å². The van der Waals surface area contributed by atoms with E-state index in [0.717, 1.165) is 5.56 Å². The first-order valence-corrected chi connectivity index (χ1v) is 9.60. The van der Waals surface area contributed by atoms with E-state index in [9.17, 15) is 14.0 Å². The molecule has 0 saturated carbocycles. The molecule has 150 valence electrons. The van der Waals surface area contributed by atoms with E-state index in [1.54, 1.807) is 38.5 Å². The molecule has 1 aliphatic carbocycles. The van der Waals surface area contributed by atoms with Gasteiger partial charge in [0.2, 0.25) is 5.91 Å². The van der Waals surface area contributed by atoms with E-state index < -0.39 is 11.7 Å². The lowest BCUT2D eigenvalue weighted by Crippen LogP contribution is -2.40. The van der Waals surface area contributed by atoms with Crippen molar-refractivity contribution in [1.82, 2.24) is 0 Å². The van der Waals surface area contributed by atoms with Gasteiger partial charge in [-0.1, -0.05) is 12.1 Å². The smallest absolute Gasteiger partial charge is 0.232 e. The van der Waals surface area contributed by atoms with Gasteiger partial charge in [-0.15, -0.1) is 0 Å². The molecule has 0 N–H and O–H groups in total. The molecule has 5 nitrogen and oxygen atoms in total. The Balaban J connectivity index is 1.87. The number of methoxy groups -OCH3 is 2. The summed E-state index contributed by atoms with van der Waals surface area (Å²) in [5.74, 6) is 0.273. The van der Waals surface area contributed by atoms with Gasteiger partial charge in [-0.05, 0) is 37.1 Å². The molecule has 2 aromatic rings. The van der Waals surface area contributed by atoms with Crippen molar-refractivity contribution in [2.24, 2.45) is 0 Å². The largest absolute Gasteiger partial charge is 0.497 e. The first-order valence-electron chi connectivity index (χ1n) is 9.60. The van der Waals surface area contributed by atoms with E-state index >= 15 is 0 Å². The minimum atomic E-state index is -0.418. The maximum absolute atomic E-state index is 13.8. The molecule has 29 heavy (non-hydrogen) atoms. The molecule has 0 radical (unpaired) electrons. The SMILES string of the molecule is COc1ccc(C2CC(=O)N(c3cccc(F)c3)C3=C2C(=O)CCC3)c(OC)c1. The third kappa shape index (κ3) is 3.39. The number of benzene rings is 2. The van der Waals surface area contributed by atoms with Crippen LogP contribution >= 0.6 is 0 Å². The number of hydrogen-bond donors (Lipinski definition) is 0. The van der Waals surface area contributed by atoms with Crippen LogP contribution in [0.2, 0.25) is 0 Å². The summed E-state index contributed by atoms with van der Waals surface area (Å²) >= 11 is 0. The number of rotatable bonds is 4. The van der Waals surface area contributed by atoms with Crippen LogP contribution in [0.1, 0.15) is 37.2 Å². The van der Waals surface area contributed by atoms with Crippen LogP contribution in [0.3, 0.4) is 0 Å². The van der Waals surface area contributed by atoms with Gasteiger partial charge in [-0.3, -0.25) is 14.5 Å². The Bertz CT molecular complexity index is 1010. The Morgan fingerprint density at radius 1 is 1.03 bits per heavy atom. The maximum Gasteiger partial charge on any atom is 0.232 e. The second kappa shape index (κ2) is 7.70. The van der Waals surface area contributed by atoms with Gasteiger partial charge in [0.25, 0.3) is 0 Å². The second-order valence-corrected chi connectivity index (χ2v) is 7.21. The van der Waals surface area contributed by atoms with Crippen LogP contribution in [0.15, 0.2) is 53.7 Å². The maximum atomic E-state index is 13.8. The fraction of sp³-hybridized carbons (Fsp3) is 0.304. The molecule has 1 unspecified atom stereocenters. The molecule has 0 bridgehead atoms. The number of halogens is 1. The van der Waals surface area contributed by atoms with Gasteiger partial charge >= 0.3 is 0 Å². The van der Waals surface area contributed by atoms with E-state index in [1.165, 1.54) is 17.0 Å². The van der Waals surface area contributed by atoms with Crippen molar-refractivity contribution < 1.29 is 23.5 Å². The second-order valence-electron chi connectivity index (χ2n) is 7.21. The minimum absolute atomic E-state index is 0.0306. The van der Waals surface area contributed by atoms with Gasteiger partial charge in [0.15, 0.2) is 5.78 Å². The third-order valence-corrected chi connectivity index (χ3v) is 5.56. The van der Waals surface area contributed by atoms with E-state index in [-0.39, 0.29) is 18.1 Å². The van der Waals surface area contributed by atoms with Crippen LogP contribution < -0.4 is 14.4 Å². The highest BCUT2D eigenvalue weighted by Gasteiger charge is 2.40. The molecule has 1 amide bonds. The molecule has 0 fully saturated rings. The van der Waals surface area contributed by atoms with Crippen molar-refractivity contribution >= 4 is 17.4 Å². The van der Waals surface area contributed by atoms with Crippen molar-refractivity contribution in [3.05, 3.63) is 65.1 Å². The highest BCUT2D eigenvalue weighted by Crippen LogP contribution is 2.46. The van der Waals surface area contributed by atoms with E-state index in [4.69, 9.17) is 9.47 Å². The summed E-state index contributed by atoms with van der Waals surface area (Å²) in [7, 11) is 3.13. The number of anilines is 1. The fourth-order valence-corrected chi connectivity index (χ4v) is 4.28. The molecule has 6 heteroatoms. The van der Waals surface area contributed by atoms with Gasteiger partial charge < -0.3 is 9.47 Å². The minimum Gasteiger partial charge on any atom is -0.497 e. The summed E-state index contributed by atoms with van der Waals surface area (Å²) in [4.78, 5) is 27.6. The zero-order valence-electron chi connectivity index (χ0n) is 16.4. The Labute approximate surface area is 168 Å². The molecule has 1 atom stereocenters. The molecule has 0 spiro atoms. The van der Waals surface area contributed by atoms with Crippen LogP contribution in [-0.2, 0) is 9.59 Å². The number of Topliss-reactive ketones (excluding diaryl/α,β-unsaturated/α-hetero) is 1. The summed E-state index contributed by atoms with van der Waals surface area (Å²) < 4.78 is 24.6. The van der Waals surface area contributed by atoms with E-state index in [1.807, 2.05) is 6.07 Å². The summed E-state index contributed by atoms with van der Waals surface area (Å²) in [6.45, 7) is 0. The van der Waals surface area contributed by atoms with Crippen molar-refractivity contribution in [1.29, 1.82) is 0 Å². The van der Waals surface area contributed by atoms with Crippen LogP contribution in [0.5, 0.6) is 11.5 Å². The first-order chi connectivity index (χ1) is 14.0. The quantitative estimate of drug-likeness (QED) is 0.771. The zero-order valence-corrected chi connectivity index (χ0v) is 16.4. The van der Waals surface area contributed by atoms with Crippen LogP contribution in [0.25, 0.3) is 0 Å². The van der Waals surface area contributed by atoms with Crippen molar-refractivity contribution in [3.8, 4) is 11.5 Å². The van der Waals surface area contributed by atoms with Crippen LogP contribution in [0.4, 0.5) is 10.1 Å². The number of ether oxygens (including phenoxy) is 2. The molecular formula is C23H22FNO4. The average Bonchev–Trinajstić information content (AvgIpc) is 2.72. The van der Waals surface area contributed by atoms with E-state index in [2.05, 4.69) is 0 Å². The molecule has 1 heterocycles. The third-order valence-electron chi connectivity index (χ3n) is 5.56. The lowest BCUT2D eigenvalue weighted by atomic mass is 9.77. The summed E-state index contributed by atoms with van der Waals surface area (Å²) in [6, 6.07) is 11.3. The lowest BCUT2D eigenvalue weighted by molar-refractivity contribution is -0.119. The number of carbonyl (C=O) groups is 2. The Kier molecular flexibility index (Phi) is 5.09. The molecule has 2 aliphatic rings. The fourth-order valence-electron chi connectivity index (χ4n) is 4.28. The first kappa shape index (κ1) is 19.2. The van der Waals surface area contributed by atoms with Crippen molar-refractivity contribution in [2.75, 3.05) is 19.1 Å². The van der Waals surface area contributed by atoms with Gasteiger partial charge in [0.1, 0.15) is 17.3 Å². The number of allylic oxidation sites excluding steroid dienone is 2.